The molecule has 1 atom stereocenters. The quantitative estimate of drug-likeness (QED) is 0.897. The van der Waals surface area contributed by atoms with Gasteiger partial charge in [0, 0.05) is 13.1 Å². The second-order valence-corrected chi connectivity index (χ2v) is 5.07. The van der Waals surface area contributed by atoms with Gasteiger partial charge in [0.05, 0.1) is 12.6 Å². The number of alkyl halides is 3. The van der Waals surface area contributed by atoms with Gasteiger partial charge in [-0.3, -0.25) is 4.90 Å². The molecule has 0 radical (unpaired) electrons. The first-order valence-electron chi connectivity index (χ1n) is 6.81. The van der Waals surface area contributed by atoms with Crippen LogP contribution in [0.2, 0.25) is 0 Å². The summed E-state index contributed by atoms with van der Waals surface area (Å²) in [6, 6.07) is 0. The highest BCUT2D eigenvalue weighted by Crippen LogP contribution is 2.29. The molecule has 0 aliphatic carbocycles. The molecule has 1 aromatic heterocycles. The van der Waals surface area contributed by atoms with E-state index in [0.717, 1.165) is 24.0 Å². The Kier molecular flexibility index (Phi) is 4.64. The highest BCUT2D eigenvalue weighted by atomic mass is 19.4. The third-order valence-corrected chi connectivity index (χ3v) is 3.57. The Labute approximate surface area is 115 Å². The van der Waals surface area contributed by atoms with Gasteiger partial charge < -0.3 is 9.67 Å². The average Bonchev–Trinajstić information content (AvgIpc) is 2.81. The summed E-state index contributed by atoms with van der Waals surface area (Å²) >= 11 is 0. The van der Waals surface area contributed by atoms with Crippen LogP contribution in [0, 0.1) is 0 Å². The van der Waals surface area contributed by atoms with Crippen molar-refractivity contribution in [3.05, 3.63) is 11.6 Å². The topological polar surface area (TPSA) is 54.2 Å². The Balaban J connectivity index is 1.90. The maximum absolute atomic E-state index is 12.7. The molecule has 8 heteroatoms. The van der Waals surface area contributed by atoms with Crippen LogP contribution >= 0.6 is 0 Å². The molecular formula is C12H19F3N4O. The molecule has 0 saturated heterocycles. The van der Waals surface area contributed by atoms with Gasteiger partial charge in [0.15, 0.2) is 0 Å². The predicted molar refractivity (Wildman–Crippen MR) is 65.8 cm³/mol. The Morgan fingerprint density at radius 1 is 1.30 bits per heavy atom. The van der Waals surface area contributed by atoms with Gasteiger partial charge in [-0.2, -0.15) is 13.2 Å². The van der Waals surface area contributed by atoms with E-state index < -0.39 is 12.0 Å². The number of aliphatic hydroxyl groups is 1. The number of hydrogen-bond acceptors (Lipinski definition) is 4. The summed E-state index contributed by atoms with van der Waals surface area (Å²) in [5.41, 5.74) is 0. The van der Waals surface area contributed by atoms with E-state index >= 15 is 0 Å². The summed E-state index contributed by atoms with van der Waals surface area (Å²) in [5.74, 6) is -0.548. The number of aromatic nitrogens is 3. The fourth-order valence-corrected chi connectivity index (χ4v) is 2.36. The summed E-state index contributed by atoms with van der Waals surface area (Å²) < 4.78 is 39.2. The molecular weight excluding hydrogens is 273 g/mol. The second kappa shape index (κ2) is 6.09. The molecule has 0 aromatic carbocycles. The summed E-state index contributed by atoms with van der Waals surface area (Å²) in [6.07, 6.45) is -2.47. The molecule has 114 valence electrons. The molecule has 5 nitrogen and oxygen atoms in total. The van der Waals surface area contributed by atoms with Gasteiger partial charge in [0.2, 0.25) is 5.82 Å². The first-order valence-corrected chi connectivity index (χ1v) is 6.81. The van der Waals surface area contributed by atoms with Crippen molar-refractivity contribution in [1.82, 2.24) is 19.7 Å². The van der Waals surface area contributed by atoms with Crippen LogP contribution in [0.25, 0.3) is 0 Å². The van der Waals surface area contributed by atoms with Crippen molar-refractivity contribution >= 4 is 0 Å². The van der Waals surface area contributed by atoms with Crippen LogP contribution in [0.5, 0.6) is 0 Å². The minimum Gasteiger partial charge on any atom is -0.393 e. The highest BCUT2D eigenvalue weighted by Gasteiger charge is 2.39. The average molecular weight is 292 g/mol. The fraction of sp³-hybridized carbons (Fsp3) is 0.833. The molecule has 20 heavy (non-hydrogen) atoms. The zero-order valence-electron chi connectivity index (χ0n) is 11.4. The molecule has 1 aliphatic rings. The Morgan fingerprint density at radius 2 is 2.05 bits per heavy atom. The van der Waals surface area contributed by atoms with Gasteiger partial charge >= 0.3 is 6.18 Å². The van der Waals surface area contributed by atoms with E-state index in [4.69, 9.17) is 0 Å². The van der Waals surface area contributed by atoms with E-state index in [1.165, 1.54) is 0 Å². The maximum atomic E-state index is 12.7. The van der Waals surface area contributed by atoms with Crippen LogP contribution in [-0.2, 0) is 19.3 Å². The van der Waals surface area contributed by atoms with Crippen molar-refractivity contribution in [3.63, 3.8) is 0 Å². The maximum Gasteiger partial charge on any atom is 0.451 e. The third-order valence-electron chi connectivity index (χ3n) is 3.57. The molecule has 1 unspecified atom stereocenters. The van der Waals surface area contributed by atoms with Crippen molar-refractivity contribution < 1.29 is 18.3 Å². The predicted octanol–water partition coefficient (Wildman–Crippen LogP) is 1.66. The number of aliphatic hydroxyl groups excluding tert-OH is 1. The smallest absolute Gasteiger partial charge is 0.393 e. The van der Waals surface area contributed by atoms with Crippen molar-refractivity contribution in [1.29, 1.82) is 0 Å². The van der Waals surface area contributed by atoms with E-state index in [1.807, 2.05) is 11.8 Å². The molecule has 1 N–H and O–H groups in total. The van der Waals surface area contributed by atoms with Gasteiger partial charge in [-0.25, -0.2) is 0 Å². The van der Waals surface area contributed by atoms with Crippen molar-refractivity contribution in [2.75, 3.05) is 13.1 Å². The van der Waals surface area contributed by atoms with Crippen LogP contribution in [0.4, 0.5) is 13.2 Å². The summed E-state index contributed by atoms with van der Waals surface area (Å²) in [4.78, 5) is 2.05. The molecule has 0 amide bonds. The standard InChI is InChI=1S/C12H19F3N4O/c1-2-9(20)4-3-5-18-6-7-19-10(8-18)16-17-11(19)12(13,14)15/h9,20H,2-8H2,1H3. The van der Waals surface area contributed by atoms with Crippen LogP contribution in [-0.4, -0.2) is 44.0 Å². The van der Waals surface area contributed by atoms with E-state index in [1.54, 1.807) is 0 Å². The summed E-state index contributed by atoms with van der Waals surface area (Å²) in [7, 11) is 0. The Morgan fingerprint density at radius 3 is 2.70 bits per heavy atom. The van der Waals surface area contributed by atoms with E-state index in [-0.39, 0.29) is 12.6 Å². The lowest BCUT2D eigenvalue weighted by Gasteiger charge is -2.28. The number of nitrogens with zero attached hydrogens (tertiary/aromatic N) is 4. The summed E-state index contributed by atoms with van der Waals surface area (Å²) in [5, 5.41) is 16.3. The van der Waals surface area contributed by atoms with Crippen LogP contribution in [0.1, 0.15) is 37.8 Å². The number of halogens is 3. The highest BCUT2D eigenvalue weighted by molar-refractivity contribution is 5.02. The van der Waals surface area contributed by atoms with Crippen molar-refractivity contribution in [2.45, 2.75) is 51.6 Å². The minimum absolute atomic E-state index is 0.257. The van der Waals surface area contributed by atoms with Gasteiger partial charge in [-0.05, 0) is 25.8 Å². The van der Waals surface area contributed by atoms with E-state index in [2.05, 4.69) is 10.2 Å². The van der Waals surface area contributed by atoms with E-state index in [0.29, 0.717) is 25.3 Å². The molecule has 1 aliphatic heterocycles. The zero-order valence-corrected chi connectivity index (χ0v) is 11.4. The van der Waals surface area contributed by atoms with Gasteiger partial charge in [-0.1, -0.05) is 6.92 Å². The molecule has 2 rings (SSSR count). The normalized spacial score (nSPS) is 18.1. The lowest BCUT2D eigenvalue weighted by molar-refractivity contribution is -0.148. The summed E-state index contributed by atoms with van der Waals surface area (Å²) in [6.45, 7) is 3.87. The van der Waals surface area contributed by atoms with Crippen molar-refractivity contribution in [3.8, 4) is 0 Å². The third kappa shape index (κ3) is 3.49. The fourth-order valence-electron chi connectivity index (χ4n) is 2.36. The molecule has 1 aromatic rings. The van der Waals surface area contributed by atoms with Crippen LogP contribution < -0.4 is 0 Å². The van der Waals surface area contributed by atoms with Gasteiger partial charge in [-0.15, -0.1) is 10.2 Å². The number of fused-ring (bicyclic) bond motifs is 1. The van der Waals surface area contributed by atoms with E-state index in [9.17, 15) is 18.3 Å². The minimum atomic E-state index is -4.45. The lowest BCUT2D eigenvalue weighted by atomic mass is 10.1. The van der Waals surface area contributed by atoms with Gasteiger partial charge in [0.25, 0.3) is 0 Å². The monoisotopic (exact) mass is 292 g/mol. The largest absolute Gasteiger partial charge is 0.451 e. The first kappa shape index (κ1) is 15.2. The zero-order chi connectivity index (χ0) is 14.8. The molecule has 0 saturated carbocycles. The van der Waals surface area contributed by atoms with Crippen LogP contribution in [0.3, 0.4) is 0 Å². The lowest BCUT2D eigenvalue weighted by Crippen LogP contribution is -2.36. The number of hydrogen-bond donors (Lipinski definition) is 1. The van der Waals surface area contributed by atoms with Gasteiger partial charge in [0.1, 0.15) is 5.82 Å². The Bertz CT molecular complexity index is 446. The SMILES string of the molecule is CCC(O)CCCN1CCn2c(nnc2C(F)(F)F)C1. The van der Waals surface area contributed by atoms with Crippen LogP contribution in [0.15, 0.2) is 0 Å². The molecule has 2 heterocycles. The molecule has 0 fully saturated rings. The molecule has 0 spiro atoms. The Hall–Kier alpha value is -1.15. The van der Waals surface area contributed by atoms with Crippen molar-refractivity contribution in [2.24, 2.45) is 0 Å². The first-order chi connectivity index (χ1) is 9.41. The molecule has 0 bridgehead atoms. The number of rotatable bonds is 5. The second-order valence-electron chi connectivity index (χ2n) is 5.07.